The molecule has 2 aromatic rings. The van der Waals surface area contributed by atoms with E-state index in [1.54, 1.807) is 6.07 Å². The van der Waals surface area contributed by atoms with Crippen LogP contribution in [0, 0.1) is 11.2 Å². The molecule has 2 saturated heterocycles. The molecule has 1 spiro atoms. The normalized spacial score (nSPS) is 19.1. The topological polar surface area (TPSA) is 32.8 Å². The Morgan fingerprint density at radius 1 is 1.07 bits per heavy atom. The molecular formula is C23H27FN2O2. The maximum Gasteiger partial charge on any atom is 0.253 e. The van der Waals surface area contributed by atoms with E-state index in [0.29, 0.717) is 5.56 Å². The smallest absolute Gasteiger partial charge is 0.253 e. The SMILES string of the molecule is COc1ccc(C(=O)N2CCC3(CCN(Cc4ccccc4)CC3)C2)cc1F. The maximum absolute atomic E-state index is 14.0. The minimum atomic E-state index is -0.489. The van der Waals surface area contributed by atoms with Crippen LogP contribution < -0.4 is 4.74 Å². The molecule has 4 rings (SSSR count). The number of carbonyl (C=O) groups is 1. The van der Waals surface area contributed by atoms with Gasteiger partial charge in [0.2, 0.25) is 0 Å². The zero-order chi connectivity index (χ0) is 19.6. The number of ether oxygens (including phenoxy) is 1. The molecule has 2 aromatic carbocycles. The van der Waals surface area contributed by atoms with Gasteiger partial charge in [-0.25, -0.2) is 4.39 Å². The Kier molecular flexibility index (Phi) is 5.36. The molecule has 0 aliphatic carbocycles. The first-order chi connectivity index (χ1) is 13.6. The summed E-state index contributed by atoms with van der Waals surface area (Å²) in [5.74, 6) is -0.401. The van der Waals surface area contributed by atoms with E-state index in [2.05, 4.69) is 29.2 Å². The third-order valence-corrected chi connectivity index (χ3v) is 6.29. The van der Waals surface area contributed by atoms with Crippen molar-refractivity contribution < 1.29 is 13.9 Å². The van der Waals surface area contributed by atoms with Crippen LogP contribution in [0.15, 0.2) is 48.5 Å². The van der Waals surface area contributed by atoms with E-state index in [-0.39, 0.29) is 17.1 Å². The highest BCUT2D eigenvalue weighted by molar-refractivity contribution is 5.94. The quantitative estimate of drug-likeness (QED) is 0.802. The zero-order valence-electron chi connectivity index (χ0n) is 16.4. The van der Waals surface area contributed by atoms with Gasteiger partial charge in [-0.3, -0.25) is 9.69 Å². The van der Waals surface area contributed by atoms with Gasteiger partial charge in [-0.05, 0) is 61.5 Å². The minimum absolute atomic E-state index is 0.0786. The lowest BCUT2D eigenvalue weighted by Gasteiger charge is -2.39. The molecular weight excluding hydrogens is 355 g/mol. The van der Waals surface area contributed by atoms with Crippen molar-refractivity contribution in [2.75, 3.05) is 33.3 Å². The second kappa shape index (κ2) is 7.92. The Hall–Kier alpha value is -2.40. The molecule has 2 aliphatic heterocycles. The number of halogens is 1. The summed E-state index contributed by atoms with van der Waals surface area (Å²) in [4.78, 5) is 17.2. The Labute approximate surface area is 165 Å². The summed E-state index contributed by atoms with van der Waals surface area (Å²) >= 11 is 0. The number of piperidine rings is 1. The highest BCUT2D eigenvalue weighted by Gasteiger charge is 2.42. The van der Waals surface area contributed by atoms with Gasteiger partial charge in [-0.15, -0.1) is 0 Å². The van der Waals surface area contributed by atoms with Crippen LogP contribution in [-0.4, -0.2) is 49.0 Å². The average molecular weight is 382 g/mol. The Balaban J connectivity index is 1.35. The first-order valence-corrected chi connectivity index (χ1v) is 9.98. The fourth-order valence-electron chi connectivity index (χ4n) is 4.53. The van der Waals surface area contributed by atoms with Crippen LogP contribution in [0.3, 0.4) is 0 Å². The number of rotatable bonds is 4. The molecule has 1 amide bonds. The predicted molar refractivity (Wildman–Crippen MR) is 107 cm³/mol. The Bertz CT molecular complexity index is 832. The zero-order valence-corrected chi connectivity index (χ0v) is 16.4. The van der Waals surface area contributed by atoms with Gasteiger partial charge in [0, 0.05) is 25.2 Å². The monoisotopic (exact) mass is 382 g/mol. The molecule has 0 unspecified atom stereocenters. The lowest BCUT2D eigenvalue weighted by atomic mass is 9.77. The number of hydrogen-bond donors (Lipinski definition) is 0. The fourth-order valence-corrected chi connectivity index (χ4v) is 4.53. The molecule has 28 heavy (non-hydrogen) atoms. The summed E-state index contributed by atoms with van der Waals surface area (Å²) < 4.78 is 18.9. The van der Waals surface area contributed by atoms with Crippen molar-refractivity contribution >= 4 is 5.91 Å². The van der Waals surface area contributed by atoms with Crippen LogP contribution in [0.5, 0.6) is 5.75 Å². The first-order valence-electron chi connectivity index (χ1n) is 9.98. The van der Waals surface area contributed by atoms with Crippen molar-refractivity contribution in [1.29, 1.82) is 0 Å². The van der Waals surface area contributed by atoms with Gasteiger partial charge in [-0.1, -0.05) is 30.3 Å². The average Bonchev–Trinajstić information content (AvgIpc) is 3.14. The fraction of sp³-hybridized carbons (Fsp3) is 0.435. The number of hydrogen-bond acceptors (Lipinski definition) is 3. The van der Waals surface area contributed by atoms with Crippen molar-refractivity contribution in [3.63, 3.8) is 0 Å². The van der Waals surface area contributed by atoms with Gasteiger partial charge in [0.05, 0.1) is 7.11 Å². The highest BCUT2D eigenvalue weighted by atomic mass is 19.1. The van der Waals surface area contributed by atoms with E-state index in [4.69, 9.17) is 4.74 Å². The molecule has 0 aromatic heterocycles. The van der Waals surface area contributed by atoms with Crippen molar-refractivity contribution in [3.05, 3.63) is 65.5 Å². The first kappa shape index (κ1) is 18.9. The molecule has 0 radical (unpaired) electrons. The number of nitrogens with zero attached hydrogens (tertiary/aromatic N) is 2. The second-order valence-electron chi connectivity index (χ2n) is 8.09. The summed E-state index contributed by atoms with van der Waals surface area (Å²) in [6, 6.07) is 15.0. The van der Waals surface area contributed by atoms with Crippen molar-refractivity contribution in [1.82, 2.24) is 9.80 Å². The number of methoxy groups -OCH3 is 1. The van der Waals surface area contributed by atoms with E-state index >= 15 is 0 Å². The van der Waals surface area contributed by atoms with Crippen molar-refractivity contribution in [3.8, 4) is 5.75 Å². The Morgan fingerprint density at radius 2 is 1.79 bits per heavy atom. The van der Waals surface area contributed by atoms with E-state index in [1.165, 1.54) is 24.8 Å². The largest absolute Gasteiger partial charge is 0.494 e. The highest BCUT2D eigenvalue weighted by Crippen LogP contribution is 2.41. The van der Waals surface area contributed by atoms with Gasteiger partial charge in [0.25, 0.3) is 5.91 Å². The van der Waals surface area contributed by atoms with Gasteiger partial charge < -0.3 is 9.64 Å². The molecule has 2 heterocycles. The molecule has 0 N–H and O–H groups in total. The maximum atomic E-state index is 14.0. The van der Waals surface area contributed by atoms with E-state index in [9.17, 15) is 9.18 Å². The van der Waals surface area contributed by atoms with Gasteiger partial charge in [0.15, 0.2) is 11.6 Å². The number of carbonyl (C=O) groups excluding carboxylic acids is 1. The van der Waals surface area contributed by atoms with Crippen LogP contribution in [-0.2, 0) is 6.54 Å². The number of benzene rings is 2. The van der Waals surface area contributed by atoms with Crippen LogP contribution in [0.4, 0.5) is 4.39 Å². The van der Waals surface area contributed by atoms with Crippen LogP contribution >= 0.6 is 0 Å². The number of amides is 1. The van der Waals surface area contributed by atoms with E-state index in [1.807, 2.05) is 11.0 Å². The van der Waals surface area contributed by atoms with E-state index in [0.717, 1.165) is 52.0 Å². The molecule has 0 atom stereocenters. The minimum Gasteiger partial charge on any atom is -0.494 e. The Morgan fingerprint density at radius 3 is 2.46 bits per heavy atom. The third kappa shape index (κ3) is 3.90. The van der Waals surface area contributed by atoms with Crippen LogP contribution in [0.1, 0.15) is 35.2 Å². The lowest BCUT2D eigenvalue weighted by molar-refractivity contribution is 0.0713. The second-order valence-corrected chi connectivity index (χ2v) is 8.09. The summed E-state index contributed by atoms with van der Waals surface area (Å²) in [7, 11) is 1.42. The lowest BCUT2D eigenvalue weighted by Crippen LogP contribution is -2.41. The summed E-state index contributed by atoms with van der Waals surface area (Å²) in [5, 5.41) is 0. The summed E-state index contributed by atoms with van der Waals surface area (Å²) in [6.45, 7) is 4.65. The van der Waals surface area contributed by atoms with Crippen LogP contribution in [0.25, 0.3) is 0 Å². The molecule has 2 aliphatic rings. The predicted octanol–water partition coefficient (Wildman–Crippen LogP) is 3.96. The molecule has 4 nitrogen and oxygen atoms in total. The van der Waals surface area contributed by atoms with E-state index < -0.39 is 5.82 Å². The molecule has 148 valence electrons. The van der Waals surface area contributed by atoms with Crippen molar-refractivity contribution in [2.45, 2.75) is 25.8 Å². The van der Waals surface area contributed by atoms with Crippen LogP contribution in [0.2, 0.25) is 0 Å². The van der Waals surface area contributed by atoms with Gasteiger partial charge >= 0.3 is 0 Å². The molecule has 0 bridgehead atoms. The molecule has 2 fully saturated rings. The summed E-state index contributed by atoms with van der Waals surface area (Å²) in [5.41, 5.74) is 1.97. The van der Waals surface area contributed by atoms with Gasteiger partial charge in [-0.2, -0.15) is 0 Å². The van der Waals surface area contributed by atoms with Gasteiger partial charge in [0.1, 0.15) is 0 Å². The standard InChI is InChI=1S/C23H27FN2O2/c1-28-21-8-7-19(15-20(21)24)22(27)26-14-11-23(17-26)9-12-25(13-10-23)16-18-5-3-2-4-6-18/h2-8,15H,9-14,16-17H2,1H3. The molecule has 0 saturated carbocycles. The molecule has 5 heteroatoms. The number of likely N-dealkylation sites (tertiary alicyclic amines) is 2. The third-order valence-electron chi connectivity index (χ3n) is 6.29. The van der Waals surface area contributed by atoms with Crippen molar-refractivity contribution in [2.24, 2.45) is 5.41 Å². The summed E-state index contributed by atoms with van der Waals surface area (Å²) in [6.07, 6.45) is 3.26.